The molecule has 0 aliphatic heterocycles. The van der Waals surface area contributed by atoms with Crippen LogP contribution in [-0.2, 0) is 13.1 Å². The van der Waals surface area contributed by atoms with E-state index in [2.05, 4.69) is 20.6 Å². The number of anilines is 1. The van der Waals surface area contributed by atoms with Crippen molar-refractivity contribution in [2.24, 2.45) is 0 Å². The number of thiazole rings is 1. The van der Waals surface area contributed by atoms with Gasteiger partial charge < -0.3 is 10.6 Å². The van der Waals surface area contributed by atoms with Crippen molar-refractivity contribution < 1.29 is 9.18 Å². The van der Waals surface area contributed by atoms with Crippen LogP contribution in [0.3, 0.4) is 0 Å². The molecular weight excluding hydrogens is 327 g/mol. The Hall–Kier alpha value is -2.80. The summed E-state index contributed by atoms with van der Waals surface area (Å²) in [5, 5.41) is 8.39. The van der Waals surface area contributed by atoms with E-state index in [-0.39, 0.29) is 11.7 Å². The second-order valence-electron chi connectivity index (χ2n) is 4.97. The average Bonchev–Trinajstić information content (AvgIpc) is 3.08. The summed E-state index contributed by atoms with van der Waals surface area (Å²) >= 11 is 1.45. The van der Waals surface area contributed by atoms with Gasteiger partial charge in [0.1, 0.15) is 5.01 Å². The molecule has 3 rings (SSSR count). The zero-order valence-corrected chi connectivity index (χ0v) is 13.5. The molecule has 5 nitrogen and oxygen atoms in total. The van der Waals surface area contributed by atoms with E-state index >= 15 is 0 Å². The zero-order chi connectivity index (χ0) is 16.8. The van der Waals surface area contributed by atoms with Crippen LogP contribution in [0, 0.1) is 5.82 Å². The Morgan fingerprint density at radius 2 is 1.96 bits per heavy atom. The van der Waals surface area contributed by atoms with Crippen molar-refractivity contribution in [1.82, 2.24) is 15.3 Å². The molecule has 1 aromatic carbocycles. The maximum absolute atomic E-state index is 13.5. The van der Waals surface area contributed by atoms with Crippen molar-refractivity contribution in [2.75, 3.05) is 5.32 Å². The summed E-state index contributed by atoms with van der Waals surface area (Å²) in [6.45, 7) is 0.730. The van der Waals surface area contributed by atoms with Gasteiger partial charge in [-0.05, 0) is 24.3 Å². The lowest BCUT2D eigenvalue weighted by Crippen LogP contribution is -2.22. The summed E-state index contributed by atoms with van der Waals surface area (Å²) in [4.78, 5) is 20.3. The van der Waals surface area contributed by atoms with Crippen molar-refractivity contribution in [3.05, 3.63) is 76.1 Å². The van der Waals surface area contributed by atoms with E-state index in [0.29, 0.717) is 18.7 Å². The molecule has 0 fully saturated rings. The quantitative estimate of drug-likeness (QED) is 0.722. The van der Waals surface area contributed by atoms with Gasteiger partial charge >= 0.3 is 0 Å². The lowest BCUT2D eigenvalue weighted by atomic mass is 10.2. The first kappa shape index (κ1) is 16.1. The highest BCUT2D eigenvalue weighted by Crippen LogP contribution is 2.13. The van der Waals surface area contributed by atoms with E-state index in [1.807, 2.05) is 23.6 Å². The fraction of sp³-hybridized carbons (Fsp3) is 0.118. The van der Waals surface area contributed by atoms with Gasteiger partial charge in [-0.2, -0.15) is 0 Å². The number of nitrogens with zero attached hydrogens (tertiary/aromatic N) is 2. The van der Waals surface area contributed by atoms with Crippen LogP contribution in [0.5, 0.6) is 0 Å². The lowest BCUT2D eigenvalue weighted by molar-refractivity contribution is 0.0951. The maximum atomic E-state index is 13.5. The number of halogens is 1. The smallest absolute Gasteiger partial charge is 0.251 e. The van der Waals surface area contributed by atoms with Crippen molar-refractivity contribution >= 4 is 23.1 Å². The minimum Gasteiger partial charge on any atom is -0.362 e. The van der Waals surface area contributed by atoms with Crippen LogP contribution < -0.4 is 10.6 Å². The molecule has 0 spiro atoms. The molecule has 7 heteroatoms. The number of nitrogens with one attached hydrogen (secondary N) is 2. The van der Waals surface area contributed by atoms with Gasteiger partial charge in [0.2, 0.25) is 0 Å². The first-order valence-electron chi connectivity index (χ1n) is 7.33. The normalized spacial score (nSPS) is 10.4. The largest absolute Gasteiger partial charge is 0.362 e. The van der Waals surface area contributed by atoms with Crippen LogP contribution in [-0.4, -0.2) is 15.9 Å². The predicted molar refractivity (Wildman–Crippen MR) is 91.2 cm³/mol. The highest BCUT2D eigenvalue weighted by molar-refractivity contribution is 7.09. The van der Waals surface area contributed by atoms with E-state index in [9.17, 15) is 9.18 Å². The van der Waals surface area contributed by atoms with Gasteiger partial charge in [-0.25, -0.2) is 14.4 Å². The molecule has 0 bridgehead atoms. The van der Waals surface area contributed by atoms with Gasteiger partial charge in [0.15, 0.2) is 11.6 Å². The Labute approximate surface area is 142 Å². The Kier molecular flexibility index (Phi) is 5.12. The number of rotatable bonds is 6. The molecule has 0 saturated heterocycles. The standard InChI is InChI=1S/C17H15FN4OS/c18-14-7-4-8-19-16(14)20-9-13-11-24-15(22-13)10-21-17(23)12-5-2-1-3-6-12/h1-8,11H,9-10H2,(H,19,20)(H,21,23). The van der Waals surface area contributed by atoms with E-state index in [0.717, 1.165) is 10.7 Å². The molecule has 122 valence electrons. The Morgan fingerprint density at radius 1 is 1.12 bits per heavy atom. The number of benzene rings is 1. The third-order valence-corrected chi connectivity index (χ3v) is 4.13. The topological polar surface area (TPSA) is 66.9 Å². The van der Waals surface area contributed by atoms with Crippen LogP contribution in [0.15, 0.2) is 54.0 Å². The SMILES string of the molecule is O=C(NCc1nc(CNc2ncccc2F)cs1)c1ccccc1. The summed E-state index contributed by atoms with van der Waals surface area (Å²) in [5.41, 5.74) is 1.38. The maximum Gasteiger partial charge on any atom is 0.251 e. The minimum absolute atomic E-state index is 0.138. The number of pyridine rings is 1. The van der Waals surface area contributed by atoms with Crippen LogP contribution in [0.4, 0.5) is 10.2 Å². The van der Waals surface area contributed by atoms with Crippen molar-refractivity contribution in [2.45, 2.75) is 13.1 Å². The molecule has 2 aromatic heterocycles. The van der Waals surface area contributed by atoms with Gasteiger partial charge in [-0.15, -0.1) is 11.3 Å². The van der Waals surface area contributed by atoms with E-state index in [1.165, 1.54) is 29.7 Å². The molecule has 0 aliphatic carbocycles. The zero-order valence-electron chi connectivity index (χ0n) is 12.7. The van der Waals surface area contributed by atoms with Gasteiger partial charge in [-0.3, -0.25) is 4.79 Å². The van der Waals surface area contributed by atoms with Crippen molar-refractivity contribution in [1.29, 1.82) is 0 Å². The molecule has 2 N–H and O–H groups in total. The number of hydrogen-bond acceptors (Lipinski definition) is 5. The van der Waals surface area contributed by atoms with Gasteiger partial charge in [0.25, 0.3) is 5.91 Å². The Morgan fingerprint density at radius 3 is 2.75 bits per heavy atom. The van der Waals surface area contributed by atoms with E-state index < -0.39 is 5.82 Å². The predicted octanol–water partition coefficient (Wildman–Crippen LogP) is 3.22. The fourth-order valence-corrected chi connectivity index (χ4v) is 2.78. The van der Waals surface area contributed by atoms with Crippen LogP contribution >= 0.6 is 11.3 Å². The molecule has 0 aliphatic rings. The van der Waals surface area contributed by atoms with Crippen LogP contribution in [0.25, 0.3) is 0 Å². The molecule has 3 aromatic rings. The summed E-state index contributed by atoms with van der Waals surface area (Å²) in [5.74, 6) is -0.339. The summed E-state index contributed by atoms with van der Waals surface area (Å²) in [6, 6.07) is 11.9. The number of hydrogen-bond donors (Lipinski definition) is 2. The average molecular weight is 342 g/mol. The third kappa shape index (κ3) is 4.14. The van der Waals surface area contributed by atoms with Gasteiger partial charge in [0, 0.05) is 17.1 Å². The molecule has 0 unspecified atom stereocenters. The van der Waals surface area contributed by atoms with E-state index in [1.54, 1.807) is 12.1 Å². The first-order chi connectivity index (χ1) is 11.7. The Bertz CT molecular complexity index is 822. The summed E-state index contributed by atoms with van der Waals surface area (Å²) in [7, 11) is 0. The molecule has 0 atom stereocenters. The first-order valence-corrected chi connectivity index (χ1v) is 8.21. The van der Waals surface area contributed by atoms with Crippen molar-refractivity contribution in [3.63, 3.8) is 0 Å². The van der Waals surface area contributed by atoms with Crippen LogP contribution in [0.1, 0.15) is 21.1 Å². The fourth-order valence-electron chi connectivity index (χ4n) is 2.05. The highest BCUT2D eigenvalue weighted by Gasteiger charge is 2.08. The summed E-state index contributed by atoms with van der Waals surface area (Å²) in [6.07, 6.45) is 1.52. The molecule has 1 amide bonds. The van der Waals surface area contributed by atoms with Gasteiger partial charge in [-0.1, -0.05) is 18.2 Å². The highest BCUT2D eigenvalue weighted by atomic mass is 32.1. The molecular formula is C17H15FN4OS. The Balaban J connectivity index is 1.52. The van der Waals surface area contributed by atoms with Crippen LogP contribution in [0.2, 0.25) is 0 Å². The van der Waals surface area contributed by atoms with Crippen molar-refractivity contribution in [3.8, 4) is 0 Å². The second-order valence-corrected chi connectivity index (χ2v) is 5.91. The molecule has 24 heavy (non-hydrogen) atoms. The van der Waals surface area contributed by atoms with E-state index in [4.69, 9.17) is 0 Å². The third-order valence-electron chi connectivity index (χ3n) is 3.23. The molecule has 0 saturated carbocycles. The van der Waals surface area contributed by atoms with Gasteiger partial charge in [0.05, 0.1) is 18.8 Å². The molecule has 0 radical (unpaired) electrons. The number of carbonyl (C=O) groups is 1. The monoisotopic (exact) mass is 342 g/mol. The second kappa shape index (κ2) is 7.65. The summed E-state index contributed by atoms with van der Waals surface area (Å²) < 4.78 is 13.5. The molecule has 2 heterocycles. The number of amides is 1. The number of carbonyl (C=O) groups excluding carboxylic acids is 1. The number of aromatic nitrogens is 2. The minimum atomic E-state index is -0.400. The lowest BCUT2D eigenvalue weighted by Gasteiger charge is -2.04.